The first-order valence-corrected chi connectivity index (χ1v) is 8.54. The van der Waals surface area contributed by atoms with E-state index in [1.165, 1.54) is 16.5 Å². The topological polar surface area (TPSA) is 33.0 Å². The maximum absolute atomic E-state index is 12.5. The van der Waals surface area contributed by atoms with Gasteiger partial charge in [0.1, 0.15) is 0 Å². The molecule has 0 bridgehead atoms. The molecule has 0 spiro atoms. The smallest absolute Gasteiger partial charge is 0.286 e. The Bertz CT molecular complexity index is 894. The lowest BCUT2D eigenvalue weighted by atomic mass is 9.88. The average molecular weight is 353 g/mol. The van der Waals surface area contributed by atoms with Crippen LogP contribution in [-0.2, 0) is 17.8 Å². The molecular weight excluding hydrogens is 332 g/mol. The van der Waals surface area contributed by atoms with Gasteiger partial charge in [-0.15, -0.1) is 0 Å². The minimum atomic E-state index is 0. The van der Waals surface area contributed by atoms with Crippen molar-refractivity contribution >= 4 is 16.7 Å². The number of fused-ring (bicyclic) bond motifs is 2. The standard InChI is InChI=1S/C21H20N2O.ClH/c24-21(15-23-13-12-16-6-1-2-8-18(16)14-23)22-20-11-5-9-17-7-3-4-10-19(17)20;/h1-4,6-8,10,12-14,20H,5,9,11,15H2;1H. The first kappa shape index (κ1) is 17.4. The molecule has 0 saturated heterocycles. The molecule has 0 saturated carbocycles. The fraction of sp³-hybridized carbons (Fsp3) is 0.238. The van der Waals surface area contributed by atoms with Crippen LogP contribution in [0.4, 0.5) is 0 Å². The van der Waals surface area contributed by atoms with Crippen molar-refractivity contribution in [2.75, 3.05) is 0 Å². The van der Waals surface area contributed by atoms with Crippen LogP contribution in [-0.4, -0.2) is 5.91 Å². The Morgan fingerprint density at radius 3 is 2.68 bits per heavy atom. The molecule has 1 aliphatic rings. The van der Waals surface area contributed by atoms with Crippen LogP contribution in [0.1, 0.15) is 30.0 Å². The molecular formula is C21H21ClN2O. The molecule has 0 fully saturated rings. The van der Waals surface area contributed by atoms with Crippen LogP contribution in [0.5, 0.6) is 0 Å². The summed E-state index contributed by atoms with van der Waals surface area (Å²) >= 11 is 0. The van der Waals surface area contributed by atoms with E-state index in [0.717, 1.165) is 24.6 Å². The zero-order valence-corrected chi connectivity index (χ0v) is 14.7. The summed E-state index contributed by atoms with van der Waals surface area (Å²) in [5.41, 5.74) is 2.65. The third-order valence-electron chi connectivity index (χ3n) is 4.78. The van der Waals surface area contributed by atoms with Gasteiger partial charge < -0.3 is 17.7 Å². The molecule has 3 aromatic rings. The minimum Gasteiger partial charge on any atom is -1.00 e. The van der Waals surface area contributed by atoms with Gasteiger partial charge in [0.25, 0.3) is 5.91 Å². The summed E-state index contributed by atoms with van der Waals surface area (Å²) in [6, 6.07) is 18.8. The zero-order chi connectivity index (χ0) is 16.4. The van der Waals surface area contributed by atoms with Crippen molar-refractivity contribution < 1.29 is 21.8 Å². The molecule has 3 nitrogen and oxygen atoms in total. The molecule has 4 heteroatoms. The highest BCUT2D eigenvalue weighted by Gasteiger charge is 2.22. The lowest BCUT2D eigenvalue weighted by molar-refractivity contribution is -0.683. The fourth-order valence-electron chi connectivity index (χ4n) is 3.59. The number of halogens is 1. The quantitative estimate of drug-likeness (QED) is 0.677. The van der Waals surface area contributed by atoms with Crippen molar-refractivity contribution in [1.82, 2.24) is 5.32 Å². The van der Waals surface area contributed by atoms with Crippen LogP contribution >= 0.6 is 0 Å². The third-order valence-corrected chi connectivity index (χ3v) is 4.78. The van der Waals surface area contributed by atoms with Crippen LogP contribution in [0.15, 0.2) is 67.0 Å². The van der Waals surface area contributed by atoms with E-state index in [1.54, 1.807) is 0 Å². The van der Waals surface area contributed by atoms with Gasteiger partial charge in [-0.2, -0.15) is 4.57 Å². The lowest BCUT2D eigenvalue weighted by Crippen LogP contribution is -3.00. The Labute approximate surface area is 154 Å². The second-order valence-electron chi connectivity index (χ2n) is 6.46. The molecule has 1 heterocycles. The Morgan fingerprint density at radius 2 is 1.80 bits per heavy atom. The number of benzene rings is 2. The molecule has 0 aliphatic heterocycles. The van der Waals surface area contributed by atoms with E-state index >= 15 is 0 Å². The Balaban J connectivity index is 0.00000182. The molecule has 1 N–H and O–H groups in total. The number of carbonyl (C=O) groups excluding carboxylic acids is 1. The summed E-state index contributed by atoms with van der Waals surface area (Å²) in [5, 5.41) is 5.55. The Morgan fingerprint density at radius 1 is 1.04 bits per heavy atom. The molecule has 128 valence electrons. The van der Waals surface area contributed by atoms with E-state index in [0.29, 0.717) is 6.54 Å². The second kappa shape index (κ2) is 7.66. The van der Waals surface area contributed by atoms with Crippen LogP contribution in [0.3, 0.4) is 0 Å². The highest BCUT2D eigenvalue weighted by molar-refractivity contribution is 5.80. The van der Waals surface area contributed by atoms with Gasteiger partial charge in [0, 0.05) is 11.5 Å². The van der Waals surface area contributed by atoms with Crippen LogP contribution in [0, 0.1) is 0 Å². The molecule has 1 amide bonds. The number of pyridine rings is 1. The van der Waals surface area contributed by atoms with E-state index in [2.05, 4.69) is 47.8 Å². The van der Waals surface area contributed by atoms with Crippen molar-refractivity contribution in [2.45, 2.75) is 31.8 Å². The normalized spacial score (nSPS) is 15.9. The SMILES string of the molecule is O=C(C[n+]1ccc2ccccc2c1)NC1CCCc2ccccc21.[Cl-]. The molecule has 25 heavy (non-hydrogen) atoms. The van der Waals surface area contributed by atoms with E-state index in [4.69, 9.17) is 0 Å². The predicted octanol–water partition coefficient (Wildman–Crippen LogP) is 0.325. The number of nitrogens with zero attached hydrogens (tertiary/aromatic N) is 1. The number of amides is 1. The molecule has 4 rings (SSSR count). The Kier molecular flexibility index (Phi) is 5.34. The number of nitrogens with one attached hydrogen (secondary N) is 1. The minimum absolute atomic E-state index is 0. The highest BCUT2D eigenvalue weighted by Crippen LogP contribution is 2.29. The van der Waals surface area contributed by atoms with Crippen LogP contribution in [0.25, 0.3) is 10.8 Å². The maximum Gasteiger partial charge on any atom is 0.286 e. The molecule has 2 aromatic carbocycles. The van der Waals surface area contributed by atoms with Gasteiger partial charge in [0.05, 0.1) is 6.04 Å². The number of aromatic nitrogens is 1. The van der Waals surface area contributed by atoms with E-state index in [9.17, 15) is 4.79 Å². The van der Waals surface area contributed by atoms with Gasteiger partial charge >= 0.3 is 0 Å². The molecule has 1 aromatic heterocycles. The summed E-state index contributed by atoms with van der Waals surface area (Å²) < 4.78 is 1.95. The highest BCUT2D eigenvalue weighted by atomic mass is 35.5. The summed E-state index contributed by atoms with van der Waals surface area (Å²) in [7, 11) is 0. The first-order chi connectivity index (χ1) is 11.8. The third kappa shape index (κ3) is 3.83. The largest absolute Gasteiger partial charge is 1.00 e. The summed E-state index contributed by atoms with van der Waals surface area (Å²) in [6.07, 6.45) is 7.26. The molecule has 1 unspecified atom stereocenters. The van der Waals surface area contributed by atoms with Gasteiger partial charge in [-0.3, -0.25) is 4.79 Å². The van der Waals surface area contributed by atoms with Crippen molar-refractivity contribution in [1.29, 1.82) is 0 Å². The van der Waals surface area contributed by atoms with Crippen molar-refractivity contribution in [3.05, 3.63) is 78.1 Å². The van der Waals surface area contributed by atoms with Crippen molar-refractivity contribution in [3.8, 4) is 0 Å². The summed E-state index contributed by atoms with van der Waals surface area (Å²) in [4.78, 5) is 12.5. The van der Waals surface area contributed by atoms with Gasteiger partial charge in [0.2, 0.25) is 6.54 Å². The van der Waals surface area contributed by atoms with Crippen LogP contribution < -0.4 is 22.3 Å². The maximum atomic E-state index is 12.5. The van der Waals surface area contributed by atoms with Crippen molar-refractivity contribution in [3.63, 3.8) is 0 Å². The van der Waals surface area contributed by atoms with Gasteiger partial charge in [-0.25, -0.2) is 0 Å². The summed E-state index contributed by atoms with van der Waals surface area (Å²) in [6.45, 7) is 0.351. The lowest BCUT2D eigenvalue weighted by Gasteiger charge is -2.25. The predicted molar refractivity (Wildman–Crippen MR) is 94.4 cm³/mol. The molecule has 1 aliphatic carbocycles. The molecule has 1 atom stereocenters. The van der Waals surface area contributed by atoms with Gasteiger partial charge in [0.15, 0.2) is 12.4 Å². The first-order valence-electron chi connectivity index (χ1n) is 8.54. The number of carbonyl (C=O) groups is 1. The van der Waals surface area contributed by atoms with Crippen LogP contribution in [0.2, 0.25) is 0 Å². The molecule has 0 radical (unpaired) electrons. The van der Waals surface area contributed by atoms with Gasteiger partial charge in [-0.1, -0.05) is 42.5 Å². The van der Waals surface area contributed by atoms with E-state index in [1.807, 2.05) is 29.1 Å². The zero-order valence-electron chi connectivity index (χ0n) is 14.0. The van der Waals surface area contributed by atoms with E-state index in [-0.39, 0.29) is 24.4 Å². The average Bonchev–Trinajstić information content (AvgIpc) is 2.62. The van der Waals surface area contributed by atoms with E-state index < -0.39 is 0 Å². The van der Waals surface area contributed by atoms with Crippen molar-refractivity contribution in [2.24, 2.45) is 0 Å². The van der Waals surface area contributed by atoms with Gasteiger partial charge in [-0.05, 0) is 41.8 Å². The fourth-order valence-corrected chi connectivity index (χ4v) is 3.59. The monoisotopic (exact) mass is 352 g/mol. The number of rotatable bonds is 3. The number of hydrogen-bond donors (Lipinski definition) is 1. The number of aryl methyl sites for hydroxylation is 1. The second-order valence-corrected chi connectivity index (χ2v) is 6.46. The Hall–Kier alpha value is -2.39. The summed E-state index contributed by atoms with van der Waals surface area (Å²) in [5.74, 6) is 0.0667. The number of hydrogen-bond acceptors (Lipinski definition) is 1.